The lowest BCUT2D eigenvalue weighted by Crippen LogP contribution is -2.21. The third kappa shape index (κ3) is 2.48. The van der Waals surface area contributed by atoms with Gasteiger partial charge in [0.05, 0.1) is 12.1 Å². The minimum atomic E-state index is -0.276. The Hall–Kier alpha value is -0.770. The monoisotopic (exact) mass is 261 g/mol. The second kappa shape index (κ2) is 5.53. The molecule has 0 aliphatic rings. The Morgan fingerprint density at radius 3 is 2.56 bits per heavy atom. The predicted molar refractivity (Wildman–Crippen MR) is 65.6 cm³/mol. The van der Waals surface area contributed by atoms with Crippen LogP contribution >= 0.6 is 23.2 Å². The van der Waals surface area contributed by atoms with E-state index in [1.165, 1.54) is 7.11 Å². The van der Waals surface area contributed by atoms with Gasteiger partial charge < -0.3 is 10.5 Å². The standard InChI is InChI=1S/C11H13Cl2NO2/c1-6(5-14)11(15)7-3-4-8(16-2)10(13)9(7)12/h3-4,6H,5,14H2,1-2H3. The highest BCUT2D eigenvalue weighted by atomic mass is 35.5. The van der Waals surface area contributed by atoms with Crippen LogP contribution in [0.1, 0.15) is 17.3 Å². The molecular formula is C11H13Cl2NO2. The molecule has 16 heavy (non-hydrogen) atoms. The van der Waals surface area contributed by atoms with Crippen LogP contribution in [0.25, 0.3) is 0 Å². The molecule has 1 rings (SSSR count). The highest BCUT2D eigenvalue weighted by Gasteiger charge is 2.19. The molecule has 1 aromatic carbocycles. The van der Waals surface area contributed by atoms with Gasteiger partial charge in [0.25, 0.3) is 0 Å². The van der Waals surface area contributed by atoms with Crippen molar-refractivity contribution in [2.45, 2.75) is 6.92 Å². The first-order chi connectivity index (χ1) is 7.52. The molecule has 2 N–H and O–H groups in total. The Morgan fingerprint density at radius 2 is 2.06 bits per heavy atom. The quantitative estimate of drug-likeness (QED) is 0.849. The van der Waals surface area contributed by atoms with E-state index in [1.807, 2.05) is 0 Å². The average molecular weight is 262 g/mol. The SMILES string of the molecule is COc1ccc(C(=O)C(C)CN)c(Cl)c1Cl. The second-order valence-corrected chi connectivity index (χ2v) is 4.20. The second-order valence-electron chi connectivity index (χ2n) is 3.44. The van der Waals surface area contributed by atoms with Gasteiger partial charge in [-0.1, -0.05) is 30.1 Å². The molecule has 5 heteroatoms. The van der Waals surface area contributed by atoms with Crippen molar-refractivity contribution in [2.24, 2.45) is 11.7 Å². The molecule has 0 radical (unpaired) electrons. The van der Waals surface area contributed by atoms with E-state index < -0.39 is 0 Å². The minimum Gasteiger partial charge on any atom is -0.495 e. The summed E-state index contributed by atoms with van der Waals surface area (Å²) in [5, 5.41) is 0.463. The molecule has 0 saturated heterocycles. The molecular weight excluding hydrogens is 249 g/mol. The number of benzene rings is 1. The molecule has 0 aliphatic heterocycles. The highest BCUT2D eigenvalue weighted by Crippen LogP contribution is 2.35. The number of nitrogens with two attached hydrogens (primary N) is 1. The van der Waals surface area contributed by atoms with Crippen molar-refractivity contribution < 1.29 is 9.53 Å². The van der Waals surface area contributed by atoms with Crippen LogP contribution in [0.5, 0.6) is 5.75 Å². The molecule has 88 valence electrons. The molecule has 1 aromatic rings. The zero-order chi connectivity index (χ0) is 12.3. The normalized spacial score (nSPS) is 12.3. The van der Waals surface area contributed by atoms with Crippen molar-refractivity contribution in [2.75, 3.05) is 13.7 Å². The fraction of sp³-hybridized carbons (Fsp3) is 0.364. The Balaban J connectivity index is 3.17. The summed E-state index contributed by atoms with van der Waals surface area (Å²) in [7, 11) is 1.49. The van der Waals surface area contributed by atoms with Crippen molar-refractivity contribution in [1.82, 2.24) is 0 Å². The van der Waals surface area contributed by atoms with Gasteiger partial charge in [-0.15, -0.1) is 0 Å². The number of carbonyl (C=O) groups excluding carboxylic acids is 1. The van der Waals surface area contributed by atoms with Gasteiger partial charge in [0.1, 0.15) is 10.8 Å². The van der Waals surface area contributed by atoms with Crippen LogP contribution < -0.4 is 10.5 Å². The molecule has 0 saturated carbocycles. The van der Waals surface area contributed by atoms with Gasteiger partial charge >= 0.3 is 0 Å². The summed E-state index contributed by atoms with van der Waals surface area (Å²) < 4.78 is 4.99. The summed E-state index contributed by atoms with van der Waals surface area (Å²) in [5.74, 6) is 0.0580. The van der Waals surface area contributed by atoms with E-state index in [2.05, 4.69) is 0 Å². The summed E-state index contributed by atoms with van der Waals surface area (Å²) in [5.41, 5.74) is 5.81. The first-order valence-corrected chi connectivity index (χ1v) is 5.54. The van der Waals surface area contributed by atoms with Crippen LogP contribution in [0.2, 0.25) is 10.0 Å². The highest BCUT2D eigenvalue weighted by molar-refractivity contribution is 6.44. The van der Waals surface area contributed by atoms with Gasteiger partial charge in [-0.2, -0.15) is 0 Å². The van der Waals surface area contributed by atoms with E-state index in [9.17, 15) is 4.79 Å². The maximum Gasteiger partial charge on any atom is 0.168 e. The van der Waals surface area contributed by atoms with Gasteiger partial charge in [-0.05, 0) is 12.1 Å². The summed E-state index contributed by atoms with van der Waals surface area (Å²) in [6.07, 6.45) is 0. The van der Waals surface area contributed by atoms with E-state index in [-0.39, 0.29) is 28.3 Å². The van der Waals surface area contributed by atoms with E-state index in [1.54, 1.807) is 19.1 Å². The van der Waals surface area contributed by atoms with Crippen LogP contribution in [0.15, 0.2) is 12.1 Å². The first kappa shape index (κ1) is 13.3. The third-order valence-corrected chi connectivity index (χ3v) is 3.20. The van der Waals surface area contributed by atoms with E-state index in [0.717, 1.165) is 0 Å². The smallest absolute Gasteiger partial charge is 0.168 e. The summed E-state index contributed by atoms with van der Waals surface area (Å²) in [6, 6.07) is 3.21. The number of carbonyl (C=O) groups is 1. The number of halogens is 2. The molecule has 1 unspecified atom stereocenters. The number of Topliss-reactive ketones (excluding diaryl/α,β-unsaturated/α-hetero) is 1. The lowest BCUT2D eigenvalue weighted by atomic mass is 9.99. The van der Waals surface area contributed by atoms with E-state index in [4.69, 9.17) is 33.7 Å². The average Bonchev–Trinajstić information content (AvgIpc) is 2.30. The van der Waals surface area contributed by atoms with E-state index >= 15 is 0 Å². The summed E-state index contributed by atoms with van der Waals surface area (Å²) >= 11 is 11.9. The summed E-state index contributed by atoms with van der Waals surface area (Å²) in [4.78, 5) is 11.9. The fourth-order valence-electron chi connectivity index (χ4n) is 1.25. The molecule has 0 aromatic heterocycles. The van der Waals surface area contributed by atoms with Crippen molar-refractivity contribution in [3.63, 3.8) is 0 Å². The first-order valence-electron chi connectivity index (χ1n) is 4.79. The molecule has 3 nitrogen and oxygen atoms in total. The maximum absolute atomic E-state index is 11.9. The molecule has 0 amide bonds. The number of rotatable bonds is 4. The molecule has 0 bridgehead atoms. The zero-order valence-electron chi connectivity index (χ0n) is 9.09. The largest absolute Gasteiger partial charge is 0.495 e. The van der Waals surface area contributed by atoms with E-state index in [0.29, 0.717) is 11.3 Å². The zero-order valence-corrected chi connectivity index (χ0v) is 10.6. The Morgan fingerprint density at radius 1 is 1.44 bits per heavy atom. The number of ether oxygens (including phenoxy) is 1. The molecule has 0 spiro atoms. The molecule has 1 atom stereocenters. The van der Waals surface area contributed by atoms with Crippen molar-refractivity contribution in [1.29, 1.82) is 0 Å². The molecule has 0 heterocycles. The number of hydrogen-bond acceptors (Lipinski definition) is 3. The van der Waals surface area contributed by atoms with Gasteiger partial charge in [0, 0.05) is 18.0 Å². The van der Waals surface area contributed by atoms with Gasteiger partial charge in [-0.25, -0.2) is 0 Å². The fourth-order valence-corrected chi connectivity index (χ4v) is 1.74. The number of ketones is 1. The Kier molecular flexibility index (Phi) is 4.59. The Bertz CT molecular complexity index is 407. The van der Waals surface area contributed by atoms with Crippen LogP contribution in [0.4, 0.5) is 0 Å². The minimum absolute atomic E-state index is 0.114. The van der Waals surface area contributed by atoms with Crippen LogP contribution in [0.3, 0.4) is 0 Å². The predicted octanol–water partition coefficient (Wildman–Crippen LogP) is 2.78. The topological polar surface area (TPSA) is 52.3 Å². The molecule has 0 fully saturated rings. The van der Waals surface area contributed by atoms with Crippen LogP contribution in [-0.4, -0.2) is 19.4 Å². The molecule has 0 aliphatic carbocycles. The number of hydrogen-bond donors (Lipinski definition) is 1. The van der Waals surface area contributed by atoms with Gasteiger partial charge in [-0.3, -0.25) is 4.79 Å². The van der Waals surface area contributed by atoms with Crippen LogP contribution in [0, 0.1) is 5.92 Å². The summed E-state index contributed by atoms with van der Waals surface area (Å²) in [6.45, 7) is 2.02. The lowest BCUT2D eigenvalue weighted by Gasteiger charge is -2.11. The number of methoxy groups -OCH3 is 1. The van der Waals surface area contributed by atoms with Gasteiger partial charge in [0.15, 0.2) is 5.78 Å². The lowest BCUT2D eigenvalue weighted by molar-refractivity contribution is 0.0934. The van der Waals surface area contributed by atoms with Crippen molar-refractivity contribution in [3.8, 4) is 5.75 Å². The maximum atomic E-state index is 11.9. The van der Waals surface area contributed by atoms with Crippen molar-refractivity contribution >= 4 is 29.0 Å². The Labute approximate surface area is 104 Å². The van der Waals surface area contributed by atoms with Crippen LogP contribution in [-0.2, 0) is 0 Å². The van der Waals surface area contributed by atoms with Gasteiger partial charge in [0.2, 0.25) is 0 Å². The van der Waals surface area contributed by atoms with Crippen molar-refractivity contribution in [3.05, 3.63) is 27.7 Å². The third-order valence-electron chi connectivity index (χ3n) is 2.33.